The van der Waals surface area contributed by atoms with E-state index in [0.29, 0.717) is 43.6 Å². The summed E-state index contributed by atoms with van der Waals surface area (Å²) in [5.41, 5.74) is 1.51. The molecular weight excluding hydrogens is 656 g/mol. The summed E-state index contributed by atoms with van der Waals surface area (Å²) in [5.74, 6) is -3.17. The van der Waals surface area contributed by atoms with Crippen molar-refractivity contribution in [1.29, 1.82) is 0 Å². The zero-order chi connectivity index (χ0) is 35.6. The number of carbonyl (C=O) groups excluding carboxylic acids is 3. The van der Waals surface area contributed by atoms with E-state index in [-0.39, 0.29) is 79.1 Å². The lowest BCUT2D eigenvalue weighted by Crippen LogP contribution is -2.45. The molecule has 3 amide bonds. The molecule has 1 aromatic heterocycles. The molecule has 0 bridgehead atoms. The van der Waals surface area contributed by atoms with Gasteiger partial charge in [0.05, 0.1) is 24.8 Å². The van der Waals surface area contributed by atoms with E-state index in [2.05, 4.69) is 15.0 Å². The molecule has 0 radical (unpaired) electrons. The number of carbonyl (C=O) groups is 3. The second kappa shape index (κ2) is 15.1. The number of pyridine rings is 1. The summed E-state index contributed by atoms with van der Waals surface area (Å²) in [7, 11) is 0. The molecule has 6 rings (SSSR count). The molecule has 272 valence electrons. The largest absolute Gasteiger partial charge is 0.489 e. The summed E-state index contributed by atoms with van der Waals surface area (Å²) in [6.45, 7) is 1.60. The minimum Gasteiger partial charge on any atom is -0.489 e. The van der Waals surface area contributed by atoms with E-state index in [1.807, 2.05) is 0 Å². The maximum absolute atomic E-state index is 13.9. The number of nitrogens with one attached hydrogen (secondary N) is 1. The van der Waals surface area contributed by atoms with Crippen LogP contribution < -0.4 is 14.8 Å². The number of halogens is 4. The summed E-state index contributed by atoms with van der Waals surface area (Å²) < 4.78 is 64.4. The molecule has 1 aromatic carbocycles. The van der Waals surface area contributed by atoms with Crippen LogP contribution in [0.5, 0.6) is 11.5 Å². The van der Waals surface area contributed by atoms with Crippen LogP contribution in [0.1, 0.15) is 99.3 Å². The van der Waals surface area contributed by atoms with Crippen LogP contribution in [0.2, 0.25) is 0 Å². The second-order valence-corrected chi connectivity index (χ2v) is 14.5. The Morgan fingerprint density at radius 1 is 1.02 bits per heavy atom. The van der Waals surface area contributed by atoms with Gasteiger partial charge in [0, 0.05) is 50.9 Å². The summed E-state index contributed by atoms with van der Waals surface area (Å²) in [6, 6.07) is 9.24. The van der Waals surface area contributed by atoms with Gasteiger partial charge in [-0.3, -0.25) is 14.4 Å². The fourth-order valence-corrected chi connectivity index (χ4v) is 7.19. The molecule has 1 N–H and O–H groups in total. The Hall–Kier alpha value is -3.90. The number of alkyl halides is 4. The average molecular weight is 703 g/mol. The first-order valence-corrected chi connectivity index (χ1v) is 17.8. The molecule has 0 spiro atoms. The standard InChI is InChI=1S/C37H46F4N4O5/c1-22(31-16-27(20-44(31)23(2)46)26-10-11-32(50-36(38)39)33(17-26)49-21-25-8-9-25)34(47)42-18-28-4-3-5-30(43-28)35(48)45(19-24-6-7-24)29-12-14-37(40,41)15-13-29/h3-5,10-11,17,22,24-25,27,29,31,36H,6-9,12-16,18-21H2,1-2H3,(H,42,47)/t22-,27?,31-/m1/s1. The van der Waals surface area contributed by atoms with Gasteiger partial charge in [-0.25, -0.2) is 13.8 Å². The molecule has 50 heavy (non-hydrogen) atoms. The van der Waals surface area contributed by atoms with Crippen molar-refractivity contribution in [3.8, 4) is 11.5 Å². The molecular formula is C37H46F4N4O5. The van der Waals surface area contributed by atoms with E-state index in [0.717, 1.165) is 31.2 Å². The van der Waals surface area contributed by atoms with E-state index >= 15 is 0 Å². The van der Waals surface area contributed by atoms with Gasteiger partial charge in [-0.1, -0.05) is 19.1 Å². The molecule has 3 atom stereocenters. The van der Waals surface area contributed by atoms with Crippen LogP contribution in [0.15, 0.2) is 36.4 Å². The van der Waals surface area contributed by atoms with Crippen molar-refractivity contribution in [2.24, 2.45) is 17.8 Å². The molecule has 3 aliphatic carbocycles. The van der Waals surface area contributed by atoms with E-state index in [1.54, 1.807) is 47.1 Å². The van der Waals surface area contributed by atoms with Crippen molar-refractivity contribution in [2.75, 3.05) is 19.7 Å². The summed E-state index contributed by atoms with van der Waals surface area (Å²) in [5, 5.41) is 2.91. The molecule has 9 nitrogen and oxygen atoms in total. The Kier molecular flexibility index (Phi) is 10.9. The third-order valence-corrected chi connectivity index (χ3v) is 10.6. The number of likely N-dealkylation sites (tertiary alicyclic amines) is 1. The molecule has 1 saturated heterocycles. The summed E-state index contributed by atoms with van der Waals surface area (Å²) in [6.07, 6.45) is 4.64. The monoisotopic (exact) mass is 702 g/mol. The van der Waals surface area contributed by atoms with Crippen molar-refractivity contribution < 1.29 is 41.4 Å². The number of rotatable bonds is 14. The predicted molar refractivity (Wildman–Crippen MR) is 176 cm³/mol. The molecule has 1 aliphatic heterocycles. The number of amides is 3. The molecule has 13 heteroatoms. The van der Waals surface area contributed by atoms with E-state index < -0.39 is 24.5 Å². The minimum absolute atomic E-state index is 0.0382. The quantitative estimate of drug-likeness (QED) is 0.224. The first-order valence-electron chi connectivity index (χ1n) is 17.8. The van der Waals surface area contributed by atoms with Crippen molar-refractivity contribution in [3.05, 3.63) is 53.3 Å². The average Bonchev–Trinajstić information content (AvgIpc) is 4.03. The molecule has 3 saturated carbocycles. The van der Waals surface area contributed by atoms with Gasteiger partial charge < -0.3 is 24.6 Å². The first-order chi connectivity index (χ1) is 23.9. The van der Waals surface area contributed by atoms with Crippen LogP contribution in [0.25, 0.3) is 0 Å². The smallest absolute Gasteiger partial charge is 0.387 e. The highest BCUT2D eigenvalue weighted by Crippen LogP contribution is 2.41. The van der Waals surface area contributed by atoms with E-state index in [4.69, 9.17) is 4.74 Å². The van der Waals surface area contributed by atoms with Gasteiger partial charge in [-0.15, -0.1) is 0 Å². The third kappa shape index (κ3) is 9.06. The lowest BCUT2D eigenvalue weighted by molar-refractivity contribution is -0.133. The number of benzene rings is 1. The fraction of sp³-hybridized carbons (Fsp3) is 0.622. The van der Waals surface area contributed by atoms with E-state index in [9.17, 15) is 31.9 Å². The van der Waals surface area contributed by atoms with Crippen LogP contribution in [0, 0.1) is 17.8 Å². The van der Waals surface area contributed by atoms with Gasteiger partial charge in [-0.2, -0.15) is 8.78 Å². The van der Waals surface area contributed by atoms with E-state index in [1.165, 1.54) is 13.0 Å². The number of aromatic nitrogens is 1. The number of ether oxygens (including phenoxy) is 2. The van der Waals surface area contributed by atoms with Gasteiger partial charge in [0.2, 0.25) is 17.7 Å². The molecule has 4 fully saturated rings. The maximum Gasteiger partial charge on any atom is 0.387 e. The third-order valence-electron chi connectivity index (χ3n) is 10.6. The van der Waals surface area contributed by atoms with Crippen molar-refractivity contribution >= 4 is 17.7 Å². The Bertz CT molecular complexity index is 1540. The van der Waals surface area contributed by atoms with Gasteiger partial charge in [0.15, 0.2) is 11.5 Å². The SMILES string of the molecule is CC(=O)N1CC(c2ccc(OC(F)F)c(OCC3CC3)c2)C[C@@H]1[C@@H](C)C(=O)NCc1cccc(C(=O)N(CC2CC2)C2CCC(F)(F)CC2)n1. The van der Waals surface area contributed by atoms with Crippen LogP contribution >= 0.6 is 0 Å². The number of hydrogen-bond acceptors (Lipinski definition) is 6. The molecule has 2 aromatic rings. The number of nitrogens with zero attached hydrogens (tertiary/aromatic N) is 3. The Morgan fingerprint density at radius 2 is 1.74 bits per heavy atom. The van der Waals surface area contributed by atoms with Gasteiger partial charge in [0.25, 0.3) is 5.91 Å². The van der Waals surface area contributed by atoms with Gasteiger partial charge in [0.1, 0.15) is 5.69 Å². The lowest BCUT2D eigenvalue weighted by Gasteiger charge is -2.37. The van der Waals surface area contributed by atoms with Crippen LogP contribution in [-0.2, 0) is 16.1 Å². The first kappa shape index (κ1) is 35.9. The maximum atomic E-state index is 13.9. The number of hydrogen-bond donors (Lipinski definition) is 1. The predicted octanol–water partition coefficient (Wildman–Crippen LogP) is 6.56. The van der Waals surface area contributed by atoms with Gasteiger partial charge in [-0.05, 0) is 86.6 Å². The van der Waals surface area contributed by atoms with Crippen molar-refractivity contribution in [3.63, 3.8) is 0 Å². The summed E-state index contributed by atoms with van der Waals surface area (Å²) >= 11 is 0. The van der Waals surface area contributed by atoms with Crippen LogP contribution in [0.3, 0.4) is 0 Å². The normalized spacial score (nSPS) is 22.7. The zero-order valence-electron chi connectivity index (χ0n) is 28.6. The Labute approximate surface area is 290 Å². The van der Waals surface area contributed by atoms with Crippen LogP contribution in [0.4, 0.5) is 17.6 Å². The Morgan fingerprint density at radius 3 is 2.40 bits per heavy atom. The molecule has 2 heterocycles. The topological polar surface area (TPSA) is 101 Å². The fourth-order valence-electron chi connectivity index (χ4n) is 7.19. The van der Waals surface area contributed by atoms with Gasteiger partial charge >= 0.3 is 6.61 Å². The summed E-state index contributed by atoms with van der Waals surface area (Å²) in [4.78, 5) is 47.8. The zero-order valence-corrected chi connectivity index (χ0v) is 28.6. The highest BCUT2D eigenvalue weighted by Gasteiger charge is 2.42. The second-order valence-electron chi connectivity index (χ2n) is 14.5. The molecule has 4 aliphatic rings. The van der Waals surface area contributed by atoms with Crippen molar-refractivity contribution in [1.82, 2.24) is 20.1 Å². The highest BCUT2D eigenvalue weighted by atomic mass is 19.3. The highest BCUT2D eigenvalue weighted by molar-refractivity contribution is 5.92. The lowest BCUT2D eigenvalue weighted by atomic mass is 9.90. The minimum atomic E-state index is -2.99. The van der Waals surface area contributed by atoms with Crippen molar-refractivity contribution in [2.45, 2.75) is 109 Å². The molecule has 1 unspecified atom stereocenters. The van der Waals surface area contributed by atoms with Crippen LogP contribution in [-0.4, -0.2) is 76.8 Å². The Balaban J connectivity index is 1.09.